The molecule has 28 heavy (non-hydrogen) atoms. The van der Waals surface area contributed by atoms with Crippen LogP contribution in [-0.4, -0.2) is 14.9 Å². The lowest BCUT2D eigenvalue weighted by atomic mass is 10.2. The molecule has 0 unspecified atom stereocenters. The van der Waals surface area contributed by atoms with Crippen molar-refractivity contribution in [3.63, 3.8) is 0 Å². The molecule has 1 heterocycles. The van der Waals surface area contributed by atoms with Gasteiger partial charge in [-0.1, -0.05) is 42.5 Å². The number of benzene rings is 2. The third-order valence-electron chi connectivity index (χ3n) is 3.76. The lowest BCUT2D eigenvalue weighted by Gasteiger charge is -2.09. The summed E-state index contributed by atoms with van der Waals surface area (Å²) in [5.74, 6) is 0.636. The van der Waals surface area contributed by atoms with E-state index in [1.807, 2.05) is 35.3 Å². The average molecular weight is 444 g/mol. The summed E-state index contributed by atoms with van der Waals surface area (Å²) >= 11 is 3.43. The zero-order chi connectivity index (χ0) is 20.1. The Hall–Kier alpha value is -3.46. The molecule has 2 N–H and O–H groups in total. The van der Waals surface area contributed by atoms with Gasteiger partial charge in [-0.05, 0) is 45.3 Å². The van der Waals surface area contributed by atoms with Gasteiger partial charge in [-0.25, -0.2) is 4.79 Å². The van der Waals surface area contributed by atoms with Gasteiger partial charge in [0, 0.05) is 0 Å². The van der Waals surface area contributed by atoms with Crippen LogP contribution in [0.3, 0.4) is 0 Å². The standard InChI is InChI=1S/C19H14BrN3O5/c20-14-10-12(7-9-16(14)28-11-13-4-2-1-3-5-13)6-8-15-17(23(26)27)18(24)22-19(25)21-15/h1-10H,11H2,(H2,21,22,24,25)/b8-6-. The molecule has 3 rings (SSSR count). The highest BCUT2D eigenvalue weighted by Crippen LogP contribution is 2.27. The molecule has 9 heteroatoms. The quantitative estimate of drug-likeness (QED) is 0.446. The van der Waals surface area contributed by atoms with Crippen molar-refractivity contribution in [2.45, 2.75) is 6.61 Å². The summed E-state index contributed by atoms with van der Waals surface area (Å²) in [5.41, 5.74) is -1.06. The summed E-state index contributed by atoms with van der Waals surface area (Å²) in [5, 5.41) is 11.1. The Morgan fingerprint density at radius 1 is 1.07 bits per heavy atom. The van der Waals surface area contributed by atoms with Crippen molar-refractivity contribution in [2.24, 2.45) is 0 Å². The van der Waals surface area contributed by atoms with Crippen molar-refractivity contribution in [3.8, 4) is 5.75 Å². The molecule has 0 radical (unpaired) electrons. The third-order valence-corrected chi connectivity index (χ3v) is 4.38. The zero-order valence-electron chi connectivity index (χ0n) is 14.3. The van der Waals surface area contributed by atoms with Gasteiger partial charge in [0.25, 0.3) is 0 Å². The SMILES string of the molecule is O=c1[nH]c(/C=C\c2ccc(OCc3ccccc3)c(Br)c2)c([N+](=O)[O-])c(=O)[nH]1. The van der Waals surface area contributed by atoms with Gasteiger partial charge in [-0.3, -0.25) is 19.9 Å². The number of aromatic amines is 2. The summed E-state index contributed by atoms with van der Waals surface area (Å²) in [7, 11) is 0. The van der Waals surface area contributed by atoms with Gasteiger partial charge >= 0.3 is 16.9 Å². The first-order valence-electron chi connectivity index (χ1n) is 8.09. The highest BCUT2D eigenvalue weighted by atomic mass is 79.9. The fraction of sp³-hybridized carbons (Fsp3) is 0.0526. The first kappa shape index (κ1) is 19.3. The van der Waals surface area contributed by atoms with Crippen LogP contribution in [0, 0.1) is 10.1 Å². The lowest BCUT2D eigenvalue weighted by molar-refractivity contribution is -0.386. The largest absolute Gasteiger partial charge is 0.488 e. The van der Waals surface area contributed by atoms with Crippen LogP contribution in [0.1, 0.15) is 16.8 Å². The predicted molar refractivity (Wildman–Crippen MR) is 108 cm³/mol. The summed E-state index contributed by atoms with van der Waals surface area (Å²) < 4.78 is 6.46. The number of nitrogens with one attached hydrogen (secondary N) is 2. The Kier molecular flexibility index (Phi) is 5.85. The maximum atomic E-state index is 11.6. The zero-order valence-corrected chi connectivity index (χ0v) is 15.9. The molecule has 3 aromatic rings. The molecule has 0 aliphatic heterocycles. The fourth-order valence-electron chi connectivity index (χ4n) is 2.45. The van der Waals surface area contributed by atoms with Crippen LogP contribution in [0.15, 0.2) is 62.6 Å². The van der Waals surface area contributed by atoms with E-state index in [1.54, 1.807) is 24.3 Å². The van der Waals surface area contributed by atoms with Gasteiger partial charge in [-0.15, -0.1) is 0 Å². The second kappa shape index (κ2) is 8.49. The minimum absolute atomic E-state index is 0.181. The molecule has 0 saturated heterocycles. The van der Waals surface area contributed by atoms with Gasteiger partial charge < -0.3 is 9.72 Å². The molecule has 0 bridgehead atoms. The van der Waals surface area contributed by atoms with E-state index in [1.165, 1.54) is 6.08 Å². The van der Waals surface area contributed by atoms with Gasteiger partial charge in [-0.2, -0.15) is 0 Å². The first-order valence-corrected chi connectivity index (χ1v) is 8.88. The van der Waals surface area contributed by atoms with E-state index in [0.717, 1.165) is 5.56 Å². The molecular formula is C19H14BrN3O5. The first-order chi connectivity index (χ1) is 13.4. The fourth-order valence-corrected chi connectivity index (χ4v) is 2.96. The van der Waals surface area contributed by atoms with E-state index in [2.05, 4.69) is 20.9 Å². The summed E-state index contributed by atoms with van der Waals surface area (Å²) in [6.07, 6.45) is 2.85. The minimum Gasteiger partial charge on any atom is -0.488 e. The normalized spacial score (nSPS) is 10.9. The Morgan fingerprint density at radius 2 is 1.82 bits per heavy atom. The number of halogens is 1. The second-order valence-electron chi connectivity index (χ2n) is 5.73. The monoisotopic (exact) mass is 443 g/mol. The van der Waals surface area contributed by atoms with E-state index in [-0.39, 0.29) is 5.69 Å². The smallest absolute Gasteiger partial charge is 0.357 e. The maximum Gasteiger partial charge on any atom is 0.357 e. The van der Waals surface area contributed by atoms with Crippen LogP contribution in [0.25, 0.3) is 12.2 Å². The van der Waals surface area contributed by atoms with Crippen molar-refractivity contribution in [3.05, 3.63) is 101 Å². The minimum atomic E-state index is -1.06. The van der Waals surface area contributed by atoms with Crippen molar-refractivity contribution >= 4 is 33.8 Å². The number of rotatable bonds is 6. The molecule has 0 aliphatic rings. The lowest BCUT2D eigenvalue weighted by Crippen LogP contribution is -2.25. The number of ether oxygens (including phenoxy) is 1. The van der Waals surface area contributed by atoms with Crippen LogP contribution in [0.2, 0.25) is 0 Å². The number of nitrogens with zero attached hydrogens (tertiary/aromatic N) is 1. The maximum absolute atomic E-state index is 11.6. The van der Waals surface area contributed by atoms with E-state index < -0.39 is 21.9 Å². The third kappa shape index (κ3) is 4.63. The van der Waals surface area contributed by atoms with E-state index in [0.29, 0.717) is 22.4 Å². The number of nitro groups is 1. The van der Waals surface area contributed by atoms with Gasteiger partial charge in [0.1, 0.15) is 18.1 Å². The highest BCUT2D eigenvalue weighted by Gasteiger charge is 2.18. The van der Waals surface area contributed by atoms with E-state index in [9.17, 15) is 19.7 Å². The van der Waals surface area contributed by atoms with E-state index in [4.69, 9.17) is 4.74 Å². The predicted octanol–water partition coefficient (Wildman–Crippen LogP) is 3.48. The van der Waals surface area contributed by atoms with Crippen LogP contribution >= 0.6 is 15.9 Å². The number of hydrogen-bond acceptors (Lipinski definition) is 5. The molecular weight excluding hydrogens is 430 g/mol. The Balaban J connectivity index is 1.81. The van der Waals surface area contributed by atoms with Crippen molar-refractivity contribution in [1.82, 2.24) is 9.97 Å². The molecule has 142 valence electrons. The molecule has 0 atom stereocenters. The Bertz CT molecular complexity index is 1150. The number of aromatic nitrogens is 2. The van der Waals surface area contributed by atoms with Crippen molar-refractivity contribution in [2.75, 3.05) is 0 Å². The van der Waals surface area contributed by atoms with Crippen LogP contribution in [0.5, 0.6) is 5.75 Å². The van der Waals surface area contributed by atoms with Crippen molar-refractivity contribution in [1.29, 1.82) is 0 Å². The molecule has 0 spiro atoms. The van der Waals surface area contributed by atoms with Crippen molar-refractivity contribution < 1.29 is 9.66 Å². The highest BCUT2D eigenvalue weighted by molar-refractivity contribution is 9.10. The molecule has 0 fully saturated rings. The topological polar surface area (TPSA) is 118 Å². The molecule has 0 aliphatic carbocycles. The van der Waals surface area contributed by atoms with Gasteiger partial charge in [0.05, 0.1) is 9.40 Å². The molecule has 2 aromatic carbocycles. The summed E-state index contributed by atoms with van der Waals surface area (Å²) in [6.45, 7) is 0.412. The number of hydrogen-bond donors (Lipinski definition) is 2. The van der Waals surface area contributed by atoms with Crippen LogP contribution in [0.4, 0.5) is 5.69 Å². The Morgan fingerprint density at radius 3 is 2.50 bits per heavy atom. The summed E-state index contributed by atoms with van der Waals surface area (Å²) in [4.78, 5) is 37.3. The van der Waals surface area contributed by atoms with Crippen LogP contribution in [-0.2, 0) is 6.61 Å². The van der Waals surface area contributed by atoms with Gasteiger partial charge in [0.2, 0.25) is 0 Å². The molecule has 0 amide bonds. The molecule has 1 aromatic heterocycles. The van der Waals surface area contributed by atoms with Gasteiger partial charge in [0.15, 0.2) is 0 Å². The molecule has 0 saturated carbocycles. The average Bonchev–Trinajstić information content (AvgIpc) is 2.65. The number of H-pyrrole nitrogens is 2. The van der Waals surface area contributed by atoms with E-state index >= 15 is 0 Å². The van der Waals surface area contributed by atoms with Crippen LogP contribution < -0.4 is 16.0 Å². The second-order valence-corrected chi connectivity index (χ2v) is 6.58. The Labute approximate surface area is 166 Å². The molecule has 8 nitrogen and oxygen atoms in total. The summed E-state index contributed by atoms with van der Waals surface area (Å²) in [6, 6.07) is 15.0.